The molecule has 6 aromatic rings. The van der Waals surface area contributed by atoms with Gasteiger partial charge in [0.05, 0.1) is 22.4 Å². The molecule has 8 heteroatoms. The van der Waals surface area contributed by atoms with E-state index in [4.69, 9.17) is 9.97 Å². The first-order valence-corrected chi connectivity index (χ1v) is 22.0. The zero-order valence-corrected chi connectivity index (χ0v) is 38.1. The third kappa shape index (κ3) is 10.8. The third-order valence-electron chi connectivity index (χ3n) is 12.9. The first kappa shape index (κ1) is 46.8. The van der Waals surface area contributed by atoms with E-state index >= 15 is 0 Å². The van der Waals surface area contributed by atoms with Crippen LogP contribution in [0.15, 0.2) is 128 Å². The number of hydrogen-bond acceptors (Lipinski definition) is 6. The van der Waals surface area contributed by atoms with E-state index < -0.39 is 0 Å². The number of likely N-dealkylation sites (tertiary alicyclic amines) is 2. The van der Waals surface area contributed by atoms with E-state index in [0.717, 1.165) is 79.0 Å². The van der Waals surface area contributed by atoms with Crippen molar-refractivity contribution in [3.63, 3.8) is 0 Å². The summed E-state index contributed by atoms with van der Waals surface area (Å²) in [7, 11) is 0. The molecule has 0 N–H and O–H groups in total. The molecule has 1 atom stereocenters. The van der Waals surface area contributed by atoms with Crippen LogP contribution < -0.4 is 0 Å². The Morgan fingerprint density at radius 1 is 0.583 bits per heavy atom. The van der Waals surface area contributed by atoms with E-state index in [1.807, 2.05) is 6.07 Å². The number of fused-ring (bicyclic) bond motifs is 2. The second-order valence-electron chi connectivity index (χ2n) is 16.0. The number of piperidine rings is 2. The van der Waals surface area contributed by atoms with Gasteiger partial charge in [0.1, 0.15) is 0 Å². The van der Waals surface area contributed by atoms with Gasteiger partial charge in [-0.1, -0.05) is 131 Å². The van der Waals surface area contributed by atoms with Crippen LogP contribution in [0.4, 0.5) is 0 Å². The maximum Gasteiger partial charge on any atom is 0.0716 e. The van der Waals surface area contributed by atoms with Crippen molar-refractivity contribution >= 4 is 52.3 Å². The highest BCUT2D eigenvalue weighted by Gasteiger charge is 2.28. The molecule has 8 rings (SSSR count). The molecule has 0 aliphatic carbocycles. The molecule has 2 fully saturated rings. The van der Waals surface area contributed by atoms with E-state index in [9.17, 15) is 0 Å². The van der Waals surface area contributed by atoms with Gasteiger partial charge in [-0.05, 0) is 88.6 Å². The minimum atomic E-state index is 0. The summed E-state index contributed by atoms with van der Waals surface area (Å²) < 4.78 is 0. The summed E-state index contributed by atoms with van der Waals surface area (Å²) in [5.41, 5.74) is 10.3. The SMILES string of the molecule is C=C(c1cc(-c2ccccc2)nc2ccccc12)N1CCC(N(CC)CC)CC1.CCN(CC)C1CCN(C(C)c2cc(-c3ccccc3)nc3ccccc23)CC1.Cl.Cl. The molecule has 2 aliphatic rings. The Bertz CT molecular complexity index is 2220. The quantitative estimate of drug-likeness (QED) is 0.122. The summed E-state index contributed by atoms with van der Waals surface area (Å²) in [6, 6.07) is 44.4. The van der Waals surface area contributed by atoms with Gasteiger partial charge in [0, 0.05) is 77.5 Å². The smallest absolute Gasteiger partial charge is 0.0716 e. The van der Waals surface area contributed by atoms with Crippen molar-refractivity contribution in [3.05, 3.63) is 139 Å². The predicted octanol–water partition coefficient (Wildman–Crippen LogP) is 12.3. The van der Waals surface area contributed by atoms with Crippen molar-refractivity contribution in [2.75, 3.05) is 52.4 Å². The lowest BCUT2D eigenvalue weighted by atomic mass is 9.95. The first-order chi connectivity index (χ1) is 28.4. The van der Waals surface area contributed by atoms with E-state index in [-0.39, 0.29) is 24.8 Å². The maximum absolute atomic E-state index is 4.97. The zero-order valence-electron chi connectivity index (χ0n) is 36.5. The fraction of sp³-hybridized carbons (Fsp3) is 0.385. The highest BCUT2D eigenvalue weighted by Crippen LogP contribution is 2.34. The van der Waals surface area contributed by atoms with Crippen molar-refractivity contribution in [1.82, 2.24) is 29.6 Å². The number of halogens is 2. The molecule has 60 heavy (non-hydrogen) atoms. The molecule has 0 radical (unpaired) electrons. The standard InChI is InChI=1S/C26H33N3.C26H31N3.2ClH/c2*1-4-28(5-2)22-15-17-29(18-16-22)20(3)24-19-26(21-11-7-6-8-12-21)27-25-14-10-9-13-23(24)25;;/h6-14,19-20,22H,4-5,15-18H2,1-3H3;6-14,19,22H,3-5,15-18H2,1-2H3;2*1H. The molecule has 2 aliphatic heterocycles. The first-order valence-electron chi connectivity index (χ1n) is 22.0. The Morgan fingerprint density at radius 3 is 1.50 bits per heavy atom. The van der Waals surface area contributed by atoms with Crippen LogP contribution in [-0.4, -0.2) is 94.0 Å². The molecule has 0 spiro atoms. The Hall–Kier alpha value is -4.30. The molecular weight excluding hydrogens is 780 g/mol. The van der Waals surface area contributed by atoms with Crippen molar-refractivity contribution in [1.29, 1.82) is 0 Å². The lowest BCUT2D eigenvalue weighted by molar-refractivity contribution is 0.0943. The van der Waals surface area contributed by atoms with Crippen LogP contribution in [0, 0.1) is 0 Å². The third-order valence-corrected chi connectivity index (χ3v) is 12.9. The predicted molar refractivity (Wildman–Crippen MR) is 261 cm³/mol. The lowest BCUT2D eigenvalue weighted by Gasteiger charge is -2.40. The Balaban J connectivity index is 0.000000220. The van der Waals surface area contributed by atoms with Crippen molar-refractivity contribution < 1.29 is 0 Å². The molecule has 1 unspecified atom stereocenters. The van der Waals surface area contributed by atoms with E-state index in [2.05, 4.69) is 176 Å². The number of nitrogens with zero attached hydrogens (tertiary/aromatic N) is 6. The molecule has 318 valence electrons. The van der Waals surface area contributed by atoms with Crippen LogP contribution in [-0.2, 0) is 0 Å². The highest BCUT2D eigenvalue weighted by molar-refractivity contribution is 5.93. The average Bonchev–Trinajstić information content (AvgIpc) is 3.30. The number of rotatable bonds is 12. The second-order valence-corrected chi connectivity index (χ2v) is 16.0. The Morgan fingerprint density at radius 2 is 1.00 bits per heavy atom. The van der Waals surface area contributed by atoms with Crippen molar-refractivity contribution in [3.8, 4) is 22.5 Å². The van der Waals surface area contributed by atoms with Gasteiger partial charge in [0.2, 0.25) is 0 Å². The van der Waals surface area contributed by atoms with Gasteiger partial charge in [-0.2, -0.15) is 0 Å². The normalized spacial score (nSPS) is 15.6. The number of hydrogen-bond donors (Lipinski definition) is 0. The molecule has 0 amide bonds. The lowest BCUT2D eigenvalue weighted by Crippen LogP contribution is -2.45. The van der Waals surface area contributed by atoms with Crippen LogP contribution >= 0.6 is 24.8 Å². The summed E-state index contributed by atoms with van der Waals surface area (Å²) in [5.74, 6) is 0. The van der Waals surface area contributed by atoms with Crippen LogP contribution in [0.25, 0.3) is 50.0 Å². The summed E-state index contributed by atoms with van der Waals surface area (Å²) >= 11 is 0. The fourth-order valence-corrected chi connectivity index (χ4v) is 9.46. The van der Waals surface area contributed by atoms with E-state index in [0.29, 0.717) is 12.1 Å². The van der Waals surface area contributed by atoms with Gasteiger partial charge >= 0.3 is 0 Å². The van der Waals surface area contributed by atoms with Crippen LogP contribution in [0.1, 0.15) is 77.5 Å². The summed E-state index contributed by atoms with van der Waals surface area (Å²) in [5, 5.41) is 2.47. The van der Waals surface area contributed by atoms with Gasteiger partial charge in [-0.15, -0.1) is 24.8 Å². The fourth-order valence-electron chi connectivity index (χ4n) is 9.46. The average molecular weight is 846 g/mol. The van der Waals surface area contributed by atoms with Crippen molar-refractivity contribution in [2.45, 2.75) is 78.4 Å². The van der Waals surface area contributed by atoms with Crippen LogP contribution in [0.2, 0.25) is 0 Å². The zero-order chi connectivity index (χ0) is 40.4. The summed E-state index contributed by atoms with van der Waals surface area (Å²) in [6.45, 7) is 25.1. The summed E-state index contributed by atoms with van der Waals surface area (Å²) in [6.07, 6.45) is 4.94. The molecule has 0 saturated carbocycles. The molecule has 2 aromatic heterocycles. The number of aromatic nitrogens is 2. The molecular formula is C52H66Cl2N6. The molecule has 2 saturated heterocycles. The number of benzene rings is 4. The topological polar surface area (TPSA) is 38.7 Å². The van der Waals surface area contributed by atoms with Crippen LogP contribution in [0.3, 0.4) is 0 Å². The minimum Gasteiger partial charge on any atom is -0.371 e. The van der Waals surface area contributed by atoms with Gasteiger partial charge in [0.25, 0.3) is 0 Å². The highest BCUT2D eigenvalue weighted by atomic mass is 35.5. The van der Waals surface area contributed by atoms with Gasteiger partial charge in [0.15, 0.2) is 0 Å². The maximum atomic E-state index is 4.97. The van der Waals surface area contributed by atoms with Gasteiger partial charge in [-0.25, -0.2) is 9.97 Å². The van der Waals surface area contributed by atoms with Crippen molar-refractivity contribution in [2.24, 2.45) is 0 Å². The molecule has 0 bridgehead atoms. The van der Waals surface area contributed by atoms with E-state index in [1.54, 1.807) is 0 Å². The number of pyridine rings is 2. The monoisotopic (exact) mass is 844 g/mol. The number of para-hydroxylation sites is 2. The largest absolute Gasteiger partial charge is 0.371 e. The molecule has 4 aromatic carbocycles. The van der Waals surface area contributed by atoms with Gasteiger partial charge in [-0.3, -0.25) is 4.90 Å². The Kier molecular flexibility index (Phi) is 17.5. The molecule has 6 nitrogen and oxygen atoms in total. The second kappa shape index (κ2) is 22.5. The minimum absolute atomic E-state index is 0. The Labute approximate surface area is 372 Å². The van der Waals surface area contributed by atoms with Gasteiger partial charge < -0.3 is 14.7 Å². The molecule has 4 heterocycles. The van der Waals surface area contributed by atoms with Crippen LogP contribution in [0.5, 0.6) is 0 Å². The van der Waals surface area contributed by atoms with E-state index in [1.165, 1.54) is 66.2 Å². The summed E-state index contributed by atoms with van der Waals surface area (Å²) in [4.78, 5) is 20.2.